The zero-order valence-electron chi connectivity index (χ0n) is 10.0. The van der Waals surface area contributed by atoms with Crippen LogP contribution in [-0.4, -0.2) is 18.2 Å². The van der Waals surface area contributed by atoms with E-state index in [1.54, 1.807) is 0 Å². The number of hydrogen-bond acceptors (Lipinski definition) is 2. The van der Waals surface area contributed by atoms with E-state index in [0.29, 0.717) is 13.0 Å². The lowest BCUT2D eigenvalue weighted by Crippen LogP contribution is -2.22. The van der Waals surface area contributed by atoms with Crippen LogP contribution in [0.5, 0.6) is 0 Å². The van der Waals surface area contributed by atoms with Gasteiger partial charge < -0.3 is 5.32 Å². The molecular weight excluding hydrogens is 214 g/mol. The van der Waals surface area contributed by atoms with Gasteiger partial charge in [-0.15, -0.1) is 0 Å². The Bertz CT molecular complexity index is 480. The van der Waals surface area contributed by atoms with Crippen molar-refractivity contribution < 1.29 is 9.59 Å². The average Bonchev–Trinajstić information content (AvgIpc) is 2.27. The molecular formula is C14H15NO2. The molecule has 0 heterocycles. The first kappa shape index (κ1) is 13.0. The molecule has 17 heavy (non-hydrogen) atoms. The average molecular weight is 229 g/mol. The van der Waals surface area contributed by atoms with E-state index in [1.165, 1.54) is 13.8 Å². The third kappa shape index (κ3) is 4.98. The van der Waals surface area contributed by atoms with Crippen LogP contribution in [0.25, 0.3) is 0 Å². The topological polar surface area (TPSA) is 46.2 Å². The first-order valence-corrected chi connectivity index (χ1v) is 5.44. The molecule has 0 spiro atoms. The van der Waals surface area contributed by atoms with E-state index in [-0.39, 0.29) is 11.7 Å². The monoisotopic (exact) mass is 229 g/mol. The molecule has 0 unspecified atom stereocenters. The fourth-order valence-corrected chi connectivity index (χ4v) is 1.39. The van der Waals surface area contributed by atoms with Gasteiger partial charge in [0.15, 0.2) is 0 Å². The summed E-state index contributed by atoms with van der Waals surface area (Å²) in [6, 6.07) is 7.62. The summed E-state index contributed by atoms with van der Waals surface area (Å²) in [7, 11) is 0. The summed E-state index contributed by atoms with van der Waals surface area (Å²) in [4.78, 5) is 21.6. The van der Waals surface area contributed by atoms with Gasteiger partial charge in [-0.05, 0) is 24.0 Å². The van der Waals surface area contributed by atoms with Gasteiger partial charge in [0.2, 0.25) is 11.7 Å². The SMILES string of the molecule is CC(=O)C#Cc1ccccc1CCNC(C)=O. The molecule has 0 aliphatic carbocycles. The fourth-order valence-electron chi connectivity index (χ4n) is 1.39. The number of carbonyl (C=O) groups excluding carboxylic acids is 2. The molecule has 88 valence electrons. The van der Waals surface area contributed by atoms with Crippen LogP contribution in [0.2, 0.25) is 0 Å². The second-order valence-corrected chi connectivity index (χ2v) is 3.70. The predicted octanol–water partition coefficient (Wildman–Crippen LogP) is 1.31. The van der Waals surface area contributed by atoms with Gasteiger partial charge in [0.1, 0.15) is 0 Å². The van der Waals surface area contributed by atoms with Crippen LogP contribution in [0.15, 0.2) is 24.3 Å². The Morgan fingerprint density at radius 2 is 1.94 bits per heavy atom. The lowest BCUT2D eigenvalue weighted by Gasteiger charge is -2.04. The number of rotatable bonds is 3. The van der Waals surface area contributed by atoms with Crippen LogP contribution in [0.1, 0.15) is 25.0 Å². The van der Waals surface area contributed by atoms with Gasteiger partial charge in [-0.1, -0.05) is 24.1 Å². The number of benzene rings is 1. The lowest BCUT2D eigenvalue weighted by atomic mass is 10.0. The molecule has 3 heteroatoms. The Morgan fingerprint density at radius 1 is 1.24 bits per heavy atom. The predicted molar refractivity (Wildman–Crippen MR) is 66.4 cm³/mol. The van der Waals surface area contributed by atoms with Gasteiger partial charge in [0.25, 0.3) is 0 Å². The minimum absolute atomic E-state index is 0.0442. The van der Waals surface area contributed by atoms with Crippen molar-refractivity contribution in [1.82, 2.24) is 5.32 Å². The van der Waals surface area contributed by atoms with Gasteiger partial charge in [-0.3, -0.25) is 9.59 Å². The zero-order valence-corrected chi connectivity index (χ0v) is 10.0. The first-order valence-electron chi connectivity index (χ1n) is 5.44. The highest BCUT2D eigenvalue weighted by molar-refractivity contribution is 5.93. The number of carbonyl (C=O) groups is 2. The molecule has 0 aliphatic heterocycles. The summed E-state index contributed by atoms with van der Waals surface area (Å²) in [6.45, 7) is 3.50. The van der Waals surface area contributed by atoms with Crippen molar-refractivity contribution in [2.24, 2.45) is 0 Å². The van der Waals surface area contributed by atoms with E-state index >= 15 is 0 Å². The Hall–Kier alpha value is -2.08. The molecule has 3 nitrogen and oxygen atoms in total. The van der Waals surface area contributed by atoms with Crippen molar-refractivity contribution in [2.75, 3.05) is 6.54 Å². The summed E-state index contributed by atoms with van der Waals surface area (Å²) >= 11 is 0. The number of ketones is 1. The molecule has 0 atom stereocenters. The summed E-state index contributed by atoms with van der Waals surface area (Å²) < 4.78 is 0. The molecule has 0 saturated heterocycles. The van der Waals surface area contributed by atoms with Gasteiger partial charge in [-0.2, -0.15) is 0 Å². The Morgan fingerprint density at radius 3 is 2.59 bits per heavy atom. The zero-order chi connectivity index (χ0) is 12.7. The van der Waals surface area contributed by atoms with Crippen molar-refractivity contribution in [2.45, 2.75) is 20.3 Å². The third-order valence-electron chi connectivity index (χ3n) is 2.16. The largest absolute Gasteiger partial charge is 0.356 e. The van der Waals surface area contributed by atoms with Gasteiger partial charge >= 0.3 is 0 Å². The van der Waals surface area contributed by atoms with Crippen LogP contribution in [0.4, 0.5) is 0 Å². The summed E-state index contributed by atoms with van der Waals surface area (Å²) in [5.74, 6) is 5.17. The molecule has 1 rings (SSSR count). The summed E-state index contributed by atoms with van der Waals surface area (Å²) in [5.41, 5.74) is 1.88. The van der Waals surface area contributed by atoms with E-state index in [9.17, 15) is 9.59 Å². The fraction of sp³-hybridized carbons (Fsp3) is 0.286. The number of amides is 1. The molecule has 0 saturated carbocycles. The van der Waals surface area contributed by atoms with Crippen LogP contribution in [-0.2, 0) is 16.0 Å². The Kier molecular flexibility index (Phi) is 4.96. The van der Waals surface area contributed by atoms with Crippen LogP contribution in [0.3, 0.4) is 0 Å². The first-order chi connectivity index (χ1) is 8.09. The molecule has 0 fully saturated rings. The van der Waals surface area contributed by atoms with Crippen molar-refractivity contribution in [3.8, 4) is 11.8 Å². The number of Topliss-reactive ketones (excluding diaryl/α,β-unsaturated/α-hetero) is 1. The molecule has 0 radical (unpaired) electrons. The lowest BCUT2D eigenvalue weighted by molar-refractivity contribution is -0.119. The molecule has 1 amide bonds. The number of hydrogen-bond donors (Lipinski definition) is 1. The van der Waals surface area contributed by atoms with E-state index in [1.807, 2.05) is 24.3 Å². The maximum atomic E-state index is 10.8. The highest BCUT2D eigenvalue weighted by Crippen LogP contribution is 2.07. The summed E-state index contributed by atoms with van der Waals surface area (Å²) in [5, 5.41) is 2.73. The van der Waals surface area contributed by atoms with Crippen molar-refractivity contribution in [3.05, 3.63) is 35.4 Å². The maximum absolute atomic E-state index is 10.8. The van der Waals surface area contributed by atoms with E-state index < -0.39 is 0 Å². The van der Waals surface area contributed by atoms with Crippen molar-refractivity contribution in [3.63, 3.8) is 0 Å². The van der Waals surface area contributed by atoms with Crippen LogP contribution >= 0.6 is 0 Å². The normalized spacial score (nSPS) is 9.06. The highest BCUT2D eigenvalue weighted by Gasteiger charge is 1.99. The Balaban J connectivity index is 2.75. The van der Waals surface area contributed by atoms with E-state index in [2.05, 4.69) is 17.2 Å². The van der Waals surface area contributed by atoms with Crippen molar-refractivity contribution in [1.29, 1.82) is 0 Å². The smallest absolute Gasteiger partial charge is 0.216 e. The Labute approximate surface area is 101 Å². The van der Waals surface area contributed by atoms with E-state index in [4.69, 9.17) is 0 Å². The third-order valence-corrected chi connectivity index (χ3v) is 2.16. The second kappa shape index (κ2) is 6.49. The van der Waals surface area contributed by atoms with Crippen LogP contribution in [0, 0.1) is 11.8 Å². The van der Waals surface area contributed by atoms with Gasteiger partial charge in [0.05, 0.1) is 0 Å². The highest BCUT2D eigenvalue weighted by atomic mass is 16.1. The molecule has 1 aromatic rings. The molecule has 0 aromatic heterocycles. The van der Waals surface area contributed by atoms with E-state index in [0.717, 1.165) is 11.1 Å². The van der Waals surface area contributed by atoms with Crippen LogP contribution < -0.4 is 5.32 Å². The van der Waals surface area contributed by atoms with Crippen molar-refractivity contribution >= 4 is 11.7 Å². The molecule has 1 aromatic carbocycles. The summed E-state index contributed by atoms with van der Waals surface area (Å²) in [6.07, 6.45) is 0.711. The second-order valence-electron chi connectivity index (χ2n) is 3.70. The minimum atomic E-state index is -0.151. The molecule has 0 bridgehead atoms. The van der Waals surface area contributed by atoms with Gasteiger partial charge in [0, 0.05) is 26.0 Å². The molecule has 0 aliphatic rings. The maximum Gasteiger partial charge on any atom is 0.216 e. The minimum Gasteiger partial charge on any atom is -0.356 e. The van der Waals surface area contributed by atoms with Gasteiger partial charge in [-0.25, -0.2) is 0 Å². The number of nitrogens with one attached hydrogen (secondary N) is 1. The standard InChI is InChI=1S/C14H15NO2/c1-11(16)7-8-13-5-3-4-6-14(13)9-10-15-12(2)17/h3-6H,9-10H2,1-2H3,(H,15,17). The quantitative estimate of drug-likeness (QED) is 0.794. The molecule has 1 N–H and O–H groups in total.